The van der Waals surface area contributed by atoms with Gasteiger partial charge in [-0.1, -0.05) is 72.3 Å². The average molecular weight is 299 g/mol. The fourth-order valence-corrected chi connectivity index (χ4v) is 3.95. The quantitative estimate of drug-likeness (QED) is 0.652. The lowest BCUT2D eigenvalue weighted by Gasteiger charge is -2.24. The van der Waals surface area contributed by atoms with Gasteiger partial charge in [0.25, 0.3) is 0 Å². The molecule has 1 atom stereocenters. The van der Waals surface area contributed by atoms with Crippen LogP contribution in [0, 0.1) is 0 Å². The molecule has 20 heavy (non-hydrogen) atoms. The van der Waals surface area contributed by atoms with Crippen molar-refractivity contribution in [2.45, 2.75) is 12.2 Å². The van der Waals surface area contributed by atoms with Crippen LogP contribution in [0.1, 0.15) is 23.3 Å². The average Bonchev–Trinajstić information content (AvgIpc) is 2.51. The summed E-state index contributed by atoms with van der Waals surface area (Å²) in [6, 6.07) is 20.9. The van der Waals surface area contributed by atoms with E-state index in [-0.39, 0.29) is 5.25 Å². The van der Waals surface area contributed by atoms with Crippen LogP contribution in [0.15, 0.2) is 77.3 Å². The summed E-state index contributed by atoms with van der Waals surface area (Å²) in [7, 11) is 0. The van der Waals surface area contributed by atoms with Gasteiger partial charge in [-0.3, -0.25) is 0 Å². The second kappa shape index (κ2) is 5.90. The first-order chi connectivity index (χ1) is 9.75. The number of hydrogen-bond donors (Lipinski definition) is 0. The Kier molecular flexibility index (Phi) is 4.00. The molecule has 0 saturated heterocycles. The van der Waals surface area contributed by atoms with Crippen molar-refractivity contribution in [2.24, 2.45) is 0 Å². The predicted molar refractivity (Wildman–Crippen MR) is 89.7 cm³/mol. The molecule has 0 fully saturated rings. The van der Waals surface area contributed by atoms with Crippen LogP contribution >= 0.6 is 23.4 Å². The van der Waals surface area contributed by atoms with Gasteiger partial charge in [0.1, 0.15) is 0 Å². The molecule has 0 aliphatic carbocycles. The van der Waals surface area contributed by atoms with Crippen molar-refractivity contribution >= 4 is 28.3 Å². The molecule has 2 aromatic rings. The lowest BCUT2D eigenvalue weighted by Crippen LogP contribution is -2.01. The molecule has 0 bridgehead atoms. The lowest BCUT2D eigenvalue weighted by molar-refractivity contribution is 1.17. The highest BCUT2D eigenvalue weighted by molar-refractivity contribution is 8.08. The SMILES string of the molecule is CC1=C(Cl)C(c2ccccc2)SC(c2ccccc2)=C1. The molecular formula is C18H15ClS. The number of hydrogen-bond acceptors (Lipinski definition) is 1. The molecule has 0 aromatic heterocycles. The van der Waals surface area contributed by atoms with Crippen LogP contribution in [-0.4, -0.2) is 0 Å². The monoisotopic (exact) mass is 298 g/mol. The number of halogens is 1. The van der Waals surface area contributed by atoms with Crippen molar-refractivity contribution in [3.63, 3.8) is 0 Å². The van der Waals surface area contributed by atoms with Gasteiger partial charge in [0.05, 0.1) is 5.25 Å². The Hall–Kier alpha value is -1.44. The summed E-state index contributed by atoms with van der Waals surface area (Å²) < 4.78 is 0. The smallest absolute Gasteiger partial charge is 0.0704 e. The first-order valence-corrected chi connectivity index (χ1v) is 7.86. The van der Waals surface area contributed by atoms with E-state index in [1.165, 1.54) is 16.0 Å². The van der Waals surface area contributed by atoms with Crippen molar-refractivity contribution in [3.8, 4) is 0 Å². The number of rotatable bonds is 2. The minimum atomic E-state index is 0.193. The molecule has 0 saturated carbocycles. The van der Waals surface area contributed by atoms with Crippen LogP contribution in [0.5, 0.6) is 0 Å². The molecule has 0 amide bonds. The first kappa shape index (κ1) is 13.5. The Morgan fingerprint density at radius 1 is 0.900 bits per heavy atom. The zero-order valence-electron chi connectivity index (χ0n) is 11.2. The molecule has 100 valence electrons. The highest BCUT2D eigenvalue weighted by Crippen LogP contribution is 2.50. The van der Waals surface area contributed by atoms with Crippen LogP contribution in [-0.2, 0) is 0 Å². The summed E-state index contributed by atoms with van der Waals surface area (Å²) in [6.07, 6.45) is 2.18. The molecule has 1 aliphatic rings. The second-order valence-corrected chi connectivity index (χ2v) is 6.37. The molecule has 2 aromatic carbocycles. The molecule has 1 unspecified atom stereocenters. The zero-order chi connectivity index (χ0) is 13.9. The first-order valence-electron chi connectivity index (χ1n) is 6.60. The minimum absolute atomic E-state index is 0.193. The van der Waals surface area contributed by atoms with E-state index in [2.05, 4.69) is 61.5 Å². The normalized spacial score (nSPS) is 18.9. The van der Waals surface area contributed by atoms with Crippen molar-refractivity contribution in [2.75, 3.05) is 0 Å². The number of allylic oxidation sites excluding steroid dienone is 2. The van der Waals surface area contributed by atoms with E-state index in [0.29, 0.717) is 0 Å². The van der Waals surface area contributed by atoms with E-state index < -0.39 is 0 Å². The summed E-state index contributed by atoms with van der Waals surface area (Å²) in [4.78, 5) is 1.28. The van der Waals surface area contributed by atoms with Gasteiger partial charge in [0.2, 0.25) is 0 Å². The van der Waals surface area contributed by atoms with Crippen LogP contribution < -0.4 is 0 Å². The molecule has 1 heterocycles. The van der Waals surface area contributed by atoms with Crippen LogP contribution in [0.2, 0.25) is 0 Å². The van der Waals surface area contributed by atoms with Crippen molar-refractivity contribution < 1.29 is 0 Å². The van der Waals surface area contributed by atoms with E-state index in [1.54, 1.807) is 0 Å². The van der Waals surface area contributed by atoms with Crippen LogP contribution in [0.4, 0.5) is 0 Å². The van der Waals surface area contributed by atoms with E-state index >= 15 is 0 Å². The van der Waals surface area contributed by atoms with Gasteiger partial charge >= 0.3 is 0 Å². The van der Waals surface area contributed by atoms with E-state index in [4.69, 9.17) is 11.6 Å². The summed E-state index contributed by atoms with van der Waals surface area (Å²) in [6.45, 7) is 2.08. The van der Waals surface area contributed by atoms with Gasteiger partial charge in [-0.15, -0.1) is 11.8 Å². The maximum atomic E-state index is 6.53. The van der Waals surface area contributed by atoms with Crippen LogP contribution in [0.3, 0.4) is 0 Å². The Bertz CT molecular complexity index is 656. The fraction of sp³-hybridized carbons (Fsp3) is 0.111. The topological polar surface area (TPSA) is 0 Å². The Balaban J connectivity index is 2.00. The van der Waals surface area contributed by atoms with Gasteiger partial charge in [-0.25, -0.2) is 0 Å². The Morgan fingerprint density at radius 2 is 1.50 bits per heavy atom. The fourth-order valence-electron chi connectivity index (χ4n) is 2.28. The third-order valence-corrected chi connectivity index (χ3v) is 5.36. The molecule has 0 N–H and O–H groups in total. The largest absolute Gasteiger partial charge is 0.111 e. The maximum Gasteiger partial charge on any atom is 0.0704 e. The summed E-state index contributed by atoms with van der Waals surface area (Å²) in [5.41, 5.74) is 3.66. The van der Waals surface area contributed by atoms with Crippen molar-refractivity contribution in [1.82, 2.24) is 0 Å². The molecule has 3 rings (SSSR count). The standard InChI is InChI=1S/C18H15ClS/c1-13-12-16(14-8-4-2-5-9-14)20-18(17(13)19)15-10-6-3-7-11-15/h2-12,18H,1H3. The Morgan fingerprint density at radius 3 is 2.15 bits per heavy atom. The second-order valence-electron chi connectivity index (χ2n) is 4.81. The highest BCUT2D eigenvalue weighted by atomic mass is 35.5. The van der Waals surface area contributed by atoms with Gasteiger partial charge in [0.15, 0.2) is 0 Å². The van der Waals surface area contributed by atoms with Crippen molar-refractivity contribution in [1.29, 1.82) is 0 Å². The summed E-state index contributed by atoms with van der Waals surface area (Å²) in [5.74, 6) is 0. The van der Waals surface area contributed by atoms with Gasteiger partial charge in [0, 0.05) is 9.94 Å². The third kappa shape index (κ3) is 2.70. The van der Waals surface area contributed by atoms with E-state index in [1.807, 2.05) is 23.9 Å². The van der Waals surface area contributed by atoms with Gasteiger partial charge < -0.3 is 0 Å². The molecule has 1 aliphatic heterocycles. The van der Waals surface area contributed by atoms with Crippen molar-refractivity contribution in [3.05, 3.63) is 88.5 Å². The molecule has 0 radical (unpaired) electrons. The Labute approximate surface area is 129 Å². The molecule has 0 spiro atoms. The third-order valence-electron chi connectivity index (χ3n) is 3.36. The maximum absolute atomic E-state index is 6.53. The summed E-state index contributed by atoms with van der Waals surface area (Å²) in [5, 5.41) is 1.12. The molecule has 2 heteroatoms. The van der Waals surface area contributed by atoms with E-state index in [0.717, 1.165) is 10.6 Å². The van der Waals surface area contributed by atoms with E-state index in [9.17, 15) is 0 Å². The molecular weight excluding hydrogens is 284 g/mol. The molecule has 0 nitrogen and oxygen atoms in total. The lowest BCUT2D eigenvalue weighted by atomic mass is 10.1. The zero-order valence-corrected chi connectivity index (χ0v) is 12.8. The highest BCUT2D eigenvalue weighted by Gasteiger charge is 2.23. The predicted octanol–water partition coefficient (Wildman–Crippen LogP) is 6.03. The number of thioether (sulfide) groups is 1. The van der Waals surface area contributed by atoms with Gasteiger partial charge in [-0.05, 0) is 29.7 Å². The minimum Gasteiger partial charge on any atom is -0.111 e. The summed E-state index contributed by atoms with van der Waals surface area (Å²) >= 11 is 8.36. The number of benzene rings is 2. The van der Waals surface area contributed by atoms with Gasteiger partial charge in [-0.2, -0.15) is 0 Å². The van der Waals surface area contributed by atoms with Crippen LogP contribution in [0.25, 0.3) is 4.91 Å².